The number of nitrogens with zero attached hydrogens (tertiary/aromatic N) is 2. The fourth-order valence-electron chi connectivity index (χ4n) is 2.06. The summed E-state index contributed by atoms with van der Waals surface area (Å²) >= 11 is 7.64. The van der Waals surface area contributed by atoms with Gasteiger partial charge < -0.3 is 10.2 Å². The average molecular weight is 324 g/mol. The quantitative estimate of drug-likeness (QED) is 0.761. The third kappa shape index (κ3) is 4.43. The number of aromatic nitrogens is 1. The van der Waals surface area contributed by atoms with E-state index in [2.05, 4.69) is 48.6 Å². The van der Waals surface area contributed by atoms with Gasteiger partial charge in [-0.25, -0.2) is 4.98 Å². The van der Waals surface area contributed by atoms with E-state index in [1.807, 2.05) is 12.1 Å². The van der Waals surface area contributed by atoms with E-state index in [0.29, 0.717) is 0 Å². The van der Waals surface area contributed by atoms with Gasteiger partial charge in [-0.1, -0.05) is 30.7 Å². The lowest BCUT2D eigenvalue weighted by Gasteiger charge is -2.24. The summed E-state index contributed by atoms with van der Waals surface area (Å²) in [6.45, 7) is 6.22. The molecule has 0 fully saturated rings. The molecule has 0 amide bonds. The Hall–Kier alpha value is -1.10. The monoisotopic (exact) mass is 323 g/mol. The van der Waals surface area contributed by atoms with Gasteiger partial charge in [0.1, 0.15) is 0 Å². The van der Waals surface area contributed by atoms with Crippen molar-refractivity contribution in [2.75, 3.05) is 18.5 Å². The molecule has 3 nitrogen and oxygen atoms in total. The molecule has 1 unspecified atom stereocenters. The van der Waals surface area contributed by atoms with Gasteiger partial charge in [0.25, 0.3) is 0 Å². The van der Waals surface area contributed by atoms with Crippen molar-refractivity contribution in [1.29, 1.82) is 0 Å². The molecule has 1 aromatic heterocycles. The molecule has 1 heterocycles. The molecule has 0 bridgehead atoms. The average Bonchev–Trinajstić information content (AvgIpc) is 2.96. The fourth-order valence-corrected chi connectivity index (χ4v) is 3.06. The summed E-state index contributed by atoms with van der Waals surface area (Å²) in [4.78, 5) is 6.91. The molecule has 0 aliphatic heterocycles. The van der Waals surface area contributed by atoms with Gasteiger partial charge in [-0.3, -0.25) is 0 Å². The number of hydrogen-bond donors (Lipinski definition) is 1. The first-order valence-electron chi connectivity index (χ1n) is 7.25. The topological polar surface area (TPSA) is 28.2 Å². The van der Waals surface area contributed by atoms with Crippen molar-refractivity contribution in [2.24, 2.45) is 0 Å². The van der Waals surface area contributed by atoms with Gasteiger partial charge in [0.15, 0.2) is 5.13 Å². The maximum Gasteiger partial charge on any atom is 0.185 e. The van der Waals surface area contributed by atoms with Crippen LogP contribution < -0.4 is 10.2 Å². The molecule has 0 radical (unpaired) electrons. The Kier molecular flexibility index (Phi) is 6.03. The van der Waals surface area contributed by atoms with Crippen molar-refractivity contribution in [3.63, 3.8) is 0 Å². The Bertz CT molecular complexity index is 553. The lowest BCUT2D eigenvalue weighted by atomic mass is 10.1. The fraction of sp³-hybridized carbons (Fsp3) is 0.438. The first kappa shape index (κ1) is 16.3. The zero-order valence-electron chi connectivity index (χ0n) is 12.8. The molecule has 1 aromatic carbocycles. The SMILES string of the molecule is CCCNCc1csc(N(C)C(C)c2ccc(Cl)cc2)n1. The van der Waals surface area contributed by atoms with Crippen LogP contribution in [0.4, 0.5) is 5.13 Å². The third-order valence-corrected chi connectivity index (χ3v) is 4.74. The first-order chi connectivity index (χ1) is 10.1. The molecule has 0 saturated heterocycles. The summed E-state index contributed by atoms with van der Waals surface area (Å²) in [6.07, 6.45) is 1.14. The molecule has 114 valence electrons. The largest absolute Gasteiger partial charge is 0.344 e. The summed E-state index contributed by atoms with van der Waals surface area (Å²) in [5.74, 6) is 0. The molecule has 21 heavy (non-hydrogen) atoms. The normalized spacial score (nSPS) is 12.4. The van der Waals surface area contributed by atoms with Crippen LogP contribution in [0.3, 0.4) is 0 Å². The summed E-state index contributed by atoms with van der Waals surface area (Å²) in [5, 5.41) is 7.33. The van der Waals surface area contributed by atoms with Crippen LogP contribution in [0.25, 0.3) is 0 Å². The predicted molar refractivity (Wildman–Crippen MR) is 92.4 cm³/mol. The molecule has 5 heteroatoms. The van der Waals surface area contributed by atoms with Gasteiger partial charge in [-0.05, 0) is 37.6 Å². The second kappa shape index (κ2) is 7.78. The lowest BCUT2D eigenvalue weighted by molar-refractivity contribution is 0.664. The van der Waals surface area contributed by atoms with Gasteiger partial charge in [-0.2, -0.15) is 0 Å². The van der Waals surface area contributed by atoms with Crippen LogP contribution in [0, 0.1) is 0 Å². The molecular weight excluding hydrogens is 302 g/mol. The van der Waals surface area contributed by atoms with Crippen molar-refractivity contribution >= 4 is 28.1 Å². The number of halogens is 1. The summed E-state index contributed by atoms with van der Waals surface area (Å²) in [7, 11) is 2.08. The highest BCUT2D eigenvalue weighted by Gasteiger charge is 2.15. The van der Waals surface area contributed by atoms with Gasteiger partial charge >= 0.3 is 0 Å². The maximum absolute atomic E-state index is 5.95. The smallest absolute Gasteiger partial charge is 0.185 e. The molecule has 1 N–H and O–H groups in total. The second-order valence-corrected chi connectivity index (χ2v) is 6.41. The van der Waals surface area contributed by atoms with E-state index in [9.17, 15) is 0 Å². The molecule has 0 aliphatic rings. The number of nitrogens with one attached hydrogen (secondary N) is 1. The van der Waals surface area contributed by atoms with E-state index < -0.39 is 0 Å². The van der Waals surface area contributed by atoms with Crippen molar-refractivity contribution in [3.8, 4) is 0 Å². The highest BCUT2D eigenvalue weighted by Crippen LogP contribution is 2.28. The van der Waals surface area contributed by atoms with E-state index in [-0.39, 0.29) is 6.04 Å². The molecular formula is C16H22ClN3S. The Labute approximate surface area is 136 Å². The number of hydrogen-bond acceptors (Lipinski definition) is 4. The van der Waals surface area contributed by atoms with Crippen LogP contribution in [0.5, 0.6) is 0 Å². The van der Waals surface area contributed by atoms with Crippen LogP contribution in [0.1, 0.15) is 37.6 Å². The summed E-state index contributed by atoms with van der Waals surface area (Å²) < 4.78 is 0. The Morgan fingerprint density at radius 1 is 1.33 bits per heavy atom. The third-order valence-electron chi connectivity index (χ3n) is 3.51. The maximum atomic E-state index is 5.95. The van der Waals surface area contributed by atoms with Crippen LogP contribution in [0.2, 0.25) is 5.02 Å². The standard InChI is InChI=1S/C16H22ClN3S/c1-4-9-18-10-15-11-21-16(19-15)20(3)12(2)13-5-7-14(17)8-6-13/h5-8,11-12,18H,4,9-10H2,1-3H3. The van der Waals surface area contributed by atoms with Gasteiger partial charge in [0.2, 0.25) is 0 Å². The molecule has 2 rings (SSSR count). The van der Waals surface area contributed by atoms with Crippen molar-refractivity contribution in [1.82, 2.24) is 10.3 Å². The first-order valence-corrected chi connectivity index (χ1v) is 8.51. The van der Waals surface area contributed by atoms with E-state index in [0.717, 1.165) is 35.4 Å². The number of thiazole rings is 1. The number of anilines is 1. The van der Waals surface area contributed by atoms with Crippen molar-refractivity contribution in [3.05, 3.63) is 45.9 Å². The molecule has 2 aromatic rings. The number of benzene rings is 1. The Morgan fingerprint density at radius 3 is 2.71 bits per heavy atom. The van der Waals surface area contributed by atoms with Crippen LogP contribution in [-0.2, 0) is 6.54 Å². The van der Waals surface area contributed by atoms with Gasteiger partial charge in [-0.15, -0.1) is 11.3 Å². The van der Waals surface area contributed by atoms with Crippen molar-refractivity contribution < 1.29 is 0 Å². The van der Waals surface area contributed by atoms with Crippen LogP contribution in [-0.4, -0.2) is 18.6 Å². The molecule has 0 saturated carbocycles. The predicted octanol–water partition coefficient (Wildman–Crippen LogP) is 4.49. The zero-order chi connectivity index (χ0) is 15.2. The minimum atomic E-state index is 0.268. The second-order valence-electron chi connectivity index (χ2n) is 5.14. The molecule has 0 spiro atoms. The minimum Gasteiger partial charge on any atom is -0.344 e. The Balaban J connectivity index is 2.01. The van der Waals surface area contributed by atoms with Crippen LogP contribution in [0.15, 0.2) is 29.6 Å². The highest BCUT2D eigenvalue weighted by molar-refractivity contribution is 7.13. The molecule has 0 aliphatic carbocycles. The van der Waals surface area contributed by atoms with Gasteiger partial charge in [0.05, 0.1) is 11.7 Å². The number of rotatable bonds is 7. The minimum absolute atomic E-state index is 0.268. The summed E-state index contributed by atoms with van der Waals surface area (Å²) in [6, 6.07) is 8.28. The zero-order valence-corrected chi connectivity index (χ0v) is 14.3. The van der Waals surface area contributed by atoms with E-state index >= 15 is 0 Å². The van der Waals surface area contributed by atoms with E-state index in [1.165, 1.54) is 5.56 Å². The summed E-state index contributed by atoms with van der Waals surface area (Å²) in [5.41, 5.74) is 2.35. The molecule has 1 atom stereocenters. The van der Waals surface area contributed by atoms with E-state index in [4.69, 9.17) is 16.6 Å². The highest BCUT2D eigenvalue weighted by atomic mass is 35.5. The van der Waals surface area contributed by atoms with E-state index in [1.54, 1.807) is 11.3 Å². The van der Waals surface area contributed by atoms with Crippen LogP contribution >= 0.6 is 22.9 Å². The van der Waals surface area contributed by atoms with Gasteiger partial charge in [0, 0.05) is 24.0 Å². The van der Waals surface area contributed by atoms with Crippen molar-refractivity contribution in [2.45, 2.75) is 32.9 Å². The lowest BCUT2D eigenvalue weighted by Crippen LogP contribution is -2.21. The Morgan fingerprint density at radius 2 is 2.05 bits per heavy atom.